The Labute approximate surface area is 175 Å². The molecule has 0 saturated heterocycles. The number of amides is 2. The van der Waals surface area contributed by atoms with Gasteiger partial charge >= 0.3 is 18.2 Å². The first kappa shape index (κ1) is 21.1. The highest BCUT2D eigenvalue weighted by Crippen LogP contribution is 2.32. The van der Waals surface area contributed by atoms with Crippen molar-refractivity contribution in [3.63, 3.8) is 0 Å². The van der Waals surface area contributed by atoms with Gasteiger partial charge in [0, 0.05) is 12.1 Å². The average molecular weight is 452 g/mol. The number of hydrogen-bond donors (Lipinski definition) is 1. The van der Waals surface area contributed by atoms with Crippen LogP contribution in [-0.2, 0) is 10.9 Å². The minimum atomic E-state index is -4.79. The Hall–Kier alpha value is -4.16. The van der Waals surface area contributed by atoms with Crippen molar-refractivity contribution in [2.75, 3.05) is 12.4 Å². The predicted molar refractivity (Wildman–Crippen MR) is 97.4 cm³/mol. The number of nitrogens with one attached hydrogen (secondary N) is 1. The van der Waals surface area contributed by atoms with Crippen LogP contribution >= 0.6 is 0 Å². The third-order valence-electron chi connectivity index (χ3n) is 4.39. The van der Waals surface area contributed by atoms with Crippen LogP contribution in [0, 0.1) is 11.6 Å². The number of carbonyl (C=O) groups is 2. The van der Waals surface area contributed by atoms with E-state index >= 15 is 0 Å². The Morgan fingerprint density at radius 3 is 2.47 bits per heavy atom. The van der Waals surface area contributed by atoms with Crippen LogP contribution in [0.3, 0.4) is 0 Å². The maximum absolute atomic E-state index is 13.7. The predicted octanol–water partition coefficient (Wildman–Crippen LogP) is 3.36. The molecule has 3 aromatic rings. The van der Waals surface area contributed by atoms with Crippen molar-refractivity contribution in [2.24, 2.45) is 0 Å². The largest absolute Gasteiger partial charge is 0.609 e. The van der Waals surface area contributed by atoms with Crippen molar-refractivity contribution in [3.05, 3.63) is 71.2 Å². The van der Waals surface area contributed by atoms with E-state index in [-0.39, 0.29) is 23.1 Å². The Balaban J connectivity index is 1.62. The molecule has 4 rings (SSSR count). The van der Waals surface area contributed by atoms with Crippen LogP contribution in [0.25, 0.3) is 5.69 Å². The van der Waals surface area contributed by atoms with Gasteiger partial charge in [-0.25, -0.2) is 18.4 Å². The van der Waals surface area contributed by atoms with Gasteiger partial charge in [0.1, 0.15) is 30.2 Å². The number of rotatable bonds is 4. The minimum absolute atomic E-state index is 0.0922. The van der Waals surface area contributed by atoms with Crippen LogP contribution in [0.5, 0.6) is 0 Å². The van der Waals surface area contributed by atoms with E-state index in [1.54, 1.807) is 0 Å². The molecule has 0 atom stereocenters. The minimum Gasteiger partial charge on any atom is -0.312 e. The summed E-state index contributed by atoms with van der Waals surface area (Å²) in [4.78, 5) is 27.2. The van der Waals surface area contributed by atoms with E-state index in [1.807, 2.05) is 0 Å². The lowest BCUT2D eigenvalue weighted by molar-refractivity contribution is -0.455. The Bertz CT molecular complexity index is 1280. The van der Waals surface area contributed by atoms with E-state index in [9.17, 15) is 31.5 Å². The second kappa shape index (κ2) is 7.51. The standard InChI is InChI=1S/C19H10F5N5O3/c1-28-17(32-18(28)31)13-7-14(19(22,23)24)29(27-13)10-3-5-15(25-8-10)26-16(30)11-4-2-9(20)6-12(11)21/h2-8H,1H3/p+1. The molecule has 8 nitrogen and oxygen atoms in total. The van der Waals surface area contributed by atoms with E-state index in [4.69, 9.17) is 4.74 Å². The van der Waals surface area contributed by atoms with Gasteiger partial charge in [0.25, 0.3) is 5.91 Å². The lowest BCUT2D eigenvalue weighted by Gasteiger charge is -2.11. The molecule has 0 fully saturated rings. The molecule has 0 spiro atoms. The number of aromatic nitrogens is 3. The van der Waals surface area contributed by atoms with Gasteiger partial charge in [0.2, 0.25) is 0 Å². The van der Waals surface area contributed by atoms with Crippen molar-refractivity contribution in [3.8, 4) is 5.69 Å². The summed E-state index contributed by atoms with van der Waals surface area (Å²) in [5, 5.41) is 6.10. The SMILES string of the molecule is C[N+]1=C(c2cc(C(F)(F)F)n(-c3ccc(NC(=O)c4ccc(F)cc4F)nc3)n2)OC1=O. The summed E-state index contributed by atoms with van der Waals surface area (Å²) in [6, 6.07) is 5.46. The molecule has 1 aliphatic rings. The molecule has 2 aromatic heterocycles. The zero-order valence-electron chi connectivity index (χ0n) is 15.9. The highest BCUT2D eigenvalue weighted by atomic mass is 19.4. The molecule has 0 radical (unpaired) electrons. The molecule has 3 heterocycles. The Morgan fingerprint density at radius 1 is 1.16 bits per heavy atom. The number of nitrogens with zero attached hydrogens (tertiary/aromatic N) is 4. The van der Waals surface area contributed by atoms with Crippen molar-refractivity contribution in [2.45, 2.75) is 6.18 Å². The zero-order chi connectivity index (χ0) is 23.2. The average Bonchev–Trinajstić information content (AvgIpc) is 3.17. The van der Waals surface area contributed by atoms with Crippen LogP contribution in [0.2, 0.25) is 0 Å². The van der Waals surface area contributed by atoms with E-state index in [0.29, 0.717) is 16.8 Å². The smallest absolute Gasteiger partial charge is 0.312 e. The highest BCUT2D eigenvalue weighted by Gasteiger charge is 2.44. The van der Waals surface area contributed by atoms with Gasteiger partial charge in [-0.2, -0.15) is 23.1 Å². The lowest BCUT2D eigenvalue weighted by atomic mass is 10.2. The first-order valence-corrected chi connectivity index (χ1v) is 8.77. The van der Waals surface area contributed by atoms with E-state index in [0.717, 1.165) is 22.9 Å². The number of pyridine rings is 1. The van der Waals surface area contributed by atoms with Gasteiger partial charge in [0.05, 0.1) is 17.4 Å². The summed E-state index contributed by atoms with van der Waals surface area (Å²) >= 11 is 0. The van der Waals surface area contributed by atoms with Crippen molar-refractivity contribution >= 4 is 23.7 Å². The molecule has 1 N–H and O–H groups in total. The molecule has 1 aliphatic heterocycles. The molecule has 13 heteroatoms. The normalized spacial score (nSPS) is 13.6. The van der Waals surface area contributed by atoms with Gasteiger partial charge in [-0.3, -0.25) is 4.79 Å². The Morgan fingerprint density at radius 2 is 1.91 bits per heavy atom. The monoisotopic (exact) mass is 452 g/mol. The van der Waals surface area contributed by atoms with Crippen LogP contribution < -0.4 is 5.32 Å². The fraction of sp³-hybridized carbons (Fsp3) is 0.105. The maximum atomic E-state index is 13.7. The fourth-order valence-electron chi connectivity index (χ4n) is 2.81. The lowest BCUT2D eigenvalue weighted by Crippen LogP contribution is -2.40. The molecule has 0 aliphatic carbocycles. The third-order valence-corrected chi connectivity index (χ3v) is 4.39. The molecular weight excluding hydrogens is 441 g/mol. The molecule has 0 unspecified atom stereocenters. The molecule has 0 saturated carbocycles. The topological polar surface area (TPSA) is 89.1 Å². The number of halogens is 5. The van der Waals surface area contributed by atoms with Crippen molar-refractivity contribution in [1.82, 2.24) is 14.8 Å². The summed E-state index contributed by atoms with van der Waals surface area (Å²) in [6.45, 7) is 0. The first-order chi connectivity index (χ1) is 15.0. The quantitative estimate of drug-likeness (QED) is 0.485. The summed E-state index contributed by atoms with van der Waals surface area (Å²) in [5.74, 6) is -3.10. The van der Waals surface area contributed by atoms with Gasteiger partial charge in [-0.05, 0) is 24.3 Å². The number of anilines is 1. The first-order valence-electron chi connectivity index (χ1n) is 8.77. The van der Waals surface area contributed by atoms with Gasteiger partial charge in [0.15, 0.2) is 5.69 Å². The summed E-state index contributed by atoms with van der Waals surface area (Å²) < 4.78 is 73.4. The highest BCUT2D eigenvalue weighted by molar-refractivity contribution is 6.04. The summed E-state index contributed by atoms with van der Waals surface area (Å²) in [6.07, 6.45) is -4.52. The van der Waals surface area contributed by atoms with Crippen LogP contribution in [0.1, 0.15) is 21.7 Å². The van der Waals surface area contributed by atoms with Gasteiger partial charge in [-0.15, -0.1) is 0 Å². The zero-order valence-corrected chi connectivity index (χ0v) is 15.9. The molecule has 164 valence electrons. The van der Waals surface area contributed by atoms with E-state index < -0.39 is 41.1 Å². The third kappa shape index (κ3) is 3.79. The number of cyclic esters (lactones) is 1. The van der Waals surface area contributed by atoms with Crippen LogP contribution in [-0.4, -0.2) is 44.3 Å². The van der Waals surface area contributed by atoms with Crippen LogP contribution in [0.15, 0.2) is 42.6 Å². The number of alkyl halides is 3. The molecule has 2 amide bonds. The van der Waals surface area contributed by atoms with E-state index in [1.165, 1.54) is 19.2 Å². The molecule has 1 aromatic carbocycles. The maximum Gasteiger partial charge on any atom is 0.609 e. The second-order valence-corrected chi connectivity index (χ2v) is 6.54. The van der Waals surface area contributed by atoms with Crippen molar-refractivity contribution < 1.29 is 40.9 Å². The molecule has 32 heavy (non-hydrogen) atoms. The molecule has 0 bridgehead atoms. The number of ether oxygens (including phenoxy) is 1. The van der Waals surface area contributed by atoms with Crippen LogP contribution in [0.4, 0.5) is 32.6 Å². The van der Waals surface area contributed by atoms with Gasteiger partial charge in [-0.1, -0.05) is 4.58 Å². The Kier molecular flexibility index (Phi) is 4.95. The van der Waals surface area contributed by atoms with Gasteiger partial charge < -0.3 is 10.1 Å². The second-order valence-electron chi connectivity index (χ2n) is 6.54. The summed E-state index contributed by atoms with van der Waals surface area (Å²) in [7, 11) is 1.32. The number of benzene rings is 1. The fourth-order valence-corrected chi connectivity index (χ4v) is 2.81. The number of hydrogen-bond acceptors (Lipinski definition) is 5. The van der Waals surface area contributed by atoms with Crippen molar-refractivity contribution in [1.29, 1.82) is 0 Å². The summed E-state index contributed by atoms with van der Waals surface area (Å²) in [5.41, 5.74) is -1.92. The number of carbonyl (C=O) groups excluding carboxylic acids is 2. The van der Waals surface area contributed by atoms with E-state index in [2.05, 4.69) is 15.4 Å². The molecular formula is C19H11F5N5O3+.